The van der Waals surface area contributed by atoms with Crippen LogP contribution in [-0.4, -0.2) is 71.1 Å². The molecule has 2 aliphatic heterocycles. The maximum absolute atomic E-state index is 13.9. The first kappa shape index (κ1) is 32.8. The summed E-state index contributed by atoms with van der Waals surface area (Å²) < 4.78 is 20.4. The highest BCUT2D eigenvalue weighted by atomic mass is 16.6. The minimum atomic E-state index is -0.604. The zero-order chi connectivity index (χ0) is 33.8. The van der Waals surface area contributed by atoms with Gasteiger partial charge in [0.2, 0.25) is 0 Å². The molecular weight excluding hydrogens is 612 g/mol. The van der Waals surface area contributed by atoms with Crippen LogP contribution < -0.4 is 10.1 Å². The highest BCUT2D eigenvalue weighted by Gasteiger charge is 2.74. The second kappa shape index (κ2) is 12.7. The van der Waals surface area contributed by atoms with Crippen molar-refractivity contribution in [2.24, 2.45) is 5.92 Å². The van der Waals surface area contributed by atoms with Crippen molar-refractivity contribution < 1.29 is 24.1 Å². The van der Waals surface area contributed by atoms with Crippen LogP contribution in [-0.2, 0) is 38.9 Å². The van der Waals surface area contributed by atoms with Gasteiger partial charge in [0.15, 0.2) is 11.5 Å². The number of phenolic OH excluding ortho intramolecular Hbond substituents is 1. The van der Waals surface area contributed by atoms with Crippen molar-refractivity contribution in [1.29, 1.82) is 0 Å². The number of rotatable bonds is 12. The molecule has 7 nitrogen and oxygen atoms in total. The number of hydrogen-bond acceptors (Lipinski definition) is 7. The predicted octanol–water partition coefficient (Wildman–Crippen LogP) is 6.52. The number of aromatic hydroxyl groups is 1. The number of carbonyl (C=O) groups excluding carboxylic acids is 1. The van der Waals surface area contributed by atoms with E-state index < -0.39 is 22.7 Å². The number of piperidine rings is 1. The van der Waals surface area contributed by atoms with E-state index in [4.69, 9.17) is 14.2 Å². The molecule has 3 aliphatic carbocycles. The first-order valence-corrected chi connectivity index (χ1v) is 18.6. The van der Waals surface area contributed by atoms with Gasteiger partial charge in [0.1, 0.15) is 17.7 Å². The summed E-state index contributed by atoms with van der Waals surface area (Å²) in [7, 11) is 0. The van der Waals surface area contributed by atoms with Gasteiger partial charge >= 0.3 is 5.97 Å². The molecule has 0 unspecified atom stereocenters. The van der Waals surface area contributed by atoms with Gasteiger partial charge in [0.05, 0.1) is 11.0 Å². The summed E-state index contributed by atoms with van der Waals surface area (Å²) in [6.07, 6.45) is 8.26. The summed E-state index contributed by atoms with van der Waals surface area (Å²) in [6, 6.07) is 24.4. The van der Waals surface area contributed by atoms with Gasteiger partial charge in [-0.1, -0.05) is 66.7 Å². The number of esters is 1. The third kappa shape index (κ3) is 5.96. The fraction of sp³-hybridized carbons (Fsp3) is 0.548. The van der Waals surface area contributed by atoms with Crippen LogP contribution in [0.25, 0.3) is 0 Å². The van der Waals surface area contributed by atoms with Gasteiger partial charge in [-0.3, -0.25) is 15.0 Å². The maximum atomic E-state index is 13.9. The number of aryl methyl sites for hydroxylation is 1. The molecule has 1 spiro atoms. The van der Waals surface area contributed by atoms with Crippen LogP contribution in [0.4, 0.5) is 0 Å². The number of hydrogen-bond donors (Lipinski definition) is 2. The monoisotopic (exact) mass is 664 g/mol. The first-order valence-electron chi connectivity index (χ1n) is 18.6. The van der Waals surface area contributed by atoms with E-state index in [1.165, 1.54) is 24.0 Å². The van der Waals surface area contributed by atoms with Crippen molar-refractivity contribution in [2.45, 2.75) is 119 Å². The second-order valence-corrected chi connectivity index (χ2v) is 16.3. The number of ether oxygens (including phenoxy) is 3. The van der Waals surface area contributed by atoms with Gasteiger partial charge in [-0.25, -0.2) is 0 Å². The van der Waals surface area contributed by atoms with Crippen LogP contribution in [0.15, 0.2) is 72.8 Å². The molecule has 3 fully saturated rings. The van der Waals surface area contributed by atoms with Crippen molar-refractivity contribution in [3.63, 3.8) is 0 Å². The summed E-state index contributed by atoms with van der Waals surface area (Å²) in [5, 5.41) is 15.1. The number of benzene rings is 3. The number of nitrogens with zero attached hydrogens (tertiary/aromatic N) is 1. The van der Waals surface area contributed by atoms with Crippen molar-refractivity contribution in [2.75, 3.05) is 19.7 Å². The Kier molecular flexibility index (Phi) is 8.53. The van der Waals surface area contributed by atoms with Gasteiger partial charge < -0.3 is 19.3 Å². The molecule has 6 atom stereocenters. The Morgan fingerprint density at radius 3 is 2.45 bits per heavy atom. The lowest BCUT2D eigenvalue weighted by Gasteiger charge is -2.66. The van der Waals surface area contributed by atoms with Crippen molar-refractivity contribution in [1.82, 2.24) is 10.2 Å². The molecular formula is C42H52N2O5. The van der Waals surface area contributed by atoms with E-state index >= 15 is 0 Å². The van der Waals surface area contributed by atoms with Gasteiger partial charge in [0.25, 0.3) is 0 Å². The predicted molar refractivity (Wildman–Crippen MR) is 190 cm³/mol. The lowest BCUT2D eigenvalue weighted by atomic mass is 9.48. The Morgan fingerprint density at radius 2 is 1.73 bits per heavy atom. The maximum Gasteiger partial charge on any atom is 0.324 e. The summed E-state index contributed by atoms with van der Waals surface area (Å²) >= 11 is 0. The third-order valence-electron chi connectivity index (χ3n) is 11.9. The standard InChI is InChI=1S/C42H52N2O5/c1-40(2,3)49-39(46)33(25-29-13-8-5-9-14-29)43-32-20-21-42(47-24-10-15-28-11-6-4-7-12-28)35-26-31-18-19-34(45)37-36(31)41(42,38(32)48-37)22-23-44(35)27-30-16-17-30/h4-9,11-14,18-19,30,32-33,35,38,43,45H,10,15-17,20-27H2,1-3H3/t32-,33-,35+,38-,41-,42+/m0/s1. The van der Waals surface area contributed by atoms with Crippen molar-refractivity contribution >= 4 is 5.97 Å². The topological polar surface area (TPSA) is 80.3 Å². The Balaban J connectivity index is 1.15. The Hall–Kier alpha value is -3.39. The van der Waals surface area contributed by atoms with Gasteiger partial charge in [-0.15, -0.1) is 0 Å². The van der Waals surface area contributed by atoms with Crippen molar-refractivity contribution in [3.8, 4) is 11.5 Å². The minimum absolute atomic E-state index is 0.129. The third-order valence-corrected chi connectivity index (χ3v) is 11.9. The molecule has 260 valence electrons. The number of likely N-dealkylation sites (tertiary alicyclic amines) is 1. The summed E-state index contributed by atoms with van der Waals surface area (Å²) in [4.78, 5) is 16.6. The van der Waals surface area contributed by atoms with Crippen LogP contribution in [0.2, 0.25) is 0 Å². The second-order valence-electron chi connectivity index (χ2n) is 16.3. The Bertz CT molecular complexity index is 1650. The van der Waals surface area contributed by atoms with Crippen LogP contribution in [0.1, 0.15) is 81.5 Å². The summed E-state index contributed by atoms with van der Waals surface area (Å²) in [5.74, 6) is 1.36. The molecule has 5 aliphatic rings. The van der Waals surface area contributed by atoms with Crippen LogP contribution >= 0.6 is 0 Å². The zero-order valence-corrected chi connectivity index (χ0v) is 29.3. The zero-order valence-electron chi connectivity index (χ0n) is 29.3. The molecule has 2 heterocycles. The van der Waals surface area contributed by atoms with Gasteiger partial charge in [-0.2, -0.15) is 0 Å². The fourth-order valence-corrected chi connectivity index (χ4v) is 9.78. The molecule has 1 saturated heterocycles. The number of carbonyl (C=O) groups is 1. The first-order chi connectivity index (χ1) is 23.7. The molecule has 2 saturated carbocycles. The molecule has 3 aromatic rings. The largest absolute Gasteiger partial charge is 0.504 e. The Labute approximate surface area is 291 Å². The highest BCUT2D eigenvalue weighted by molar-refractivity contribution is 5.77. The van der Waals surface area contributed by atoms with E-state index in [0.717, 1.165) is 68.7 Å². The van der Waals surface area contributed by atoms with E-state index in [9.17, 15) is 9.90 Å². The number of nitrogens with one attached hydrogen (secondary N) is 1. The Morgan fingerprint density at radius 1 is 1.00 bits per heavy atom. The van der Waals surface area contributed by atoms with E-state index in [2.05, 4.69) is 58.7 Å². The molecule has 0 radical (unpaired) electrons. The van der Waals surface area contributed by atoms with Crippen LogP contribution in [0, 0.1) is 5.92 Å². The average Bonchev–Trinajstić information content (AvgIpc) is 3.83. The van der Waals surface area contributed by atoms with Gasteiger partial charge in [-0.05, 0) is 114 Å². The van der Waals surface area contributed by atoms with E-state index in [-0.39, 0.29) is 29.9 Å². The SMILES string of the molecule is CC(C)(C)OC(=O)[C@H](Cc1ccccc1)N[C@H]1CC[C@@]2(OCCCc3ccccc3)[C@H]3Cc4ccc(O)c5c4[C@@]2(CCN3CC2CC2)[C@H]1O5. The smallest absolute Gasteiger partial charge is 0.324 e. The van der Waals surface area contributed by atoms with Crippen LogP contribution in [0.3, 0.4) is 0 Å². The lowest BCUT2D eigenvalue weighted by molar-refractivity contribution is -0.221. The normalized spacial score (nSPS) is 29.2. The van der Waals surface area contributed by atoms with Crippen molar-refractivity contribution in [3.05, 3.63) is 95.1 Å². The molecule has 2 N–H and O–H groups in total. The molecule has 0 aromatic heterocycles. The van der Waals surface area contributed by atoms with E-state index in [1.807, 2.05) is 45.0 Å². The molecule has 7 heteroatoms. The van der Waals surface area contributed by atoms with Gasteiger partial charge in [0, 0.05) is 30.8 Å². The lowest BCUT2D eigenvalue weighted by Crippen LogP contribution is -2.79. The number of phenols is 1. The summed E-state index contributed by atoms with van der Waals surface area (Å²) in [6.45, 7) is 8.55. The molecule has 0 amide bonds. The van der Waals surface area contributed by atoms with E-state index in [0.29, 0.717) is 18.8 Å². The molecule has 2 bridgehead atoms. The van der Waals surface area contributed by atoms with E-state index in [1.54, 1.807) is 0 Å². The fourth-order valence-electron chi connectivity index (χ4n) is 9.78. The molecule has 49 heavy (non-hydrogen) atoms. The quantitative estimate of drug-likeness (QED) is 0.169. The minimum Gasteiger partial charge on any atom is -0.504 e. The molecule has 3 aromatic carbocycles. The molecule has 8 rings (SSSR count). The average molecular weight is 665 g/mol. The van der Waals surface area contributed by atoms with Crippen LogP contribution in [0.5, 0.6) is 11.5 Å². The highest BCUT2D eigenvalue weighted by Crippen LogP contribution is 2.67. The summed E-state index contributed by atoms with van der Waals surface area (Å²) in [5.41, 5.74) is 3.36.